The van der Waals surface area contributed by atoms with E-state index < -0.39 is 16.6 Å². The van der Waals surface area contributed by atoms with Gasteiger partial charge in [0.2, 0.25) is 0 Å². The highest BCUT2D eigenvalue weighted by Gasteiger charge is 2.19. The van der Waals surface area contributed by atoms with Crippen LogP contribution in [0.2, 0.25) is 0 Å². The Bertz CT molecular complexity index is 755. The molecule has 0 aliphatic rings. The average molecular weight is 310 g/mol. The molecule has 110 valence electrons. The number of rotatable bonds is 4. The Hall–Kier alpha value is -2.14. The first-order chi connectivity index (χ1) is 9.95. The zero-order valence-corrected chi connectivity index (χ0v) is 12.3. The van der Waals surface area contributed by atoms with E-state index in [1.165, 1.54) is 24.4 Å². The topological polar surface area (TPSA) is 48.3 Å². The number of pyridine rings is 1. The lowest BCUT2D eigenvalue weighted by molar-refractivity contribution is 0.107. The first kappa shape index (κ1) is 15.3. The lowest BCUT2D eigenvalue weighted by Crippen LogP contribution is -2.25. The first-order valence-electron chi connectivity index (χ1n) is 6.30. The highest BCUT2D eigenvalue weighted by Crippen LogP contribution is 2.19. The molecule has 1 aromatic heterocycles. The zero-order chi connectivity index (χ0) is 15.6. The van der Waals surface area contributed by atoms with Gasteiger partial charge in [-0.05, 0) is 49.2 Å². The molecule has 6 heteroatoms. The van der Waals surface area contributed by atoms with Crippen LogP contribution in [0.25, 0.3) is 5.69 Å². The van der Waals surface area contributed by atoms with Gasteiger partial charge < -0.3 is 4.74 Å². The monoisotopic (exact) mass is 309 g/mol. The molecule has 0 N–H and O–H groups in total. The third-order valence-electron chi connectivity index (χ3n) is 2.91. The van der Waals surface area contributed by atoms with Crippen molar-refractivity contribution < 1.29 is 13.9 Å². The van der Waals surface area contributed by atoms with E-state index in [9.17, 15) is 14.0 Å². The fraction of sp³-hybridized carbons (Fsp3) is 0.200. The molecule has 0 saturated heterocycles. The summed E-state index contributed by atoms with van der Waals surface area (Å²) < 4.78 is 20.2. The van der Waals surface area contributed by atoms with Crippen molar-refractivity contribution in [2.45, 2.75) is 13.8 Å². The Kier molecular flexibility index (Phi) is 4.43. The fourth-order valence-electron chi connectivity index (χ4n) is 1.97. The minimum absolute atomic E-state index is 0.0489. The van der Waals surface area contributed by atoms with Gasteiger partial charge >= 0.3 is 0 Å². The predicted molar refractivity (Wildman–Crippen MR) is 78.1 cm³/mol. The van der Waals surface area contributed by atoms with Gasteiger partial charge in [-0.2, -0.15) is 0 Å². The smallest absolute Gasteiger partial charge is 0.271 e. The largest absolute Gasteiger partial charge is 0.493 e. The SMILES string of the molecule is CCOc1ccn(-c2ccc(C)cc2F)c(=O)c1C(=O)Cl. The minimum Gasteiger partial charge on any atom is -0.493 e. The maximum atomic E-state index is 14.0. The van der Waals surface area contributed by atoms with Crippen LogP contribution in [0.15, 0.2) is 35.3 Å². The number of carbonyl (C=O) groups is 1. The number of ether oxygens (including phenoxy) is 1. The van der Waals surface area contributed by atoms with Gasteiger partial charge in [0.15, 0.2) is 0 Å². The van der Waals surface area contributed by atoms with Gasteiger partial charge in [0.25, 0.3) is 10.8 Å². The van der Waals surface area contributed by atoms with Crippen molar-refractivity contribution in [3.63, 3.8) is 0 Å². The van der Waals surface area contributed by atoms with Crippen LogP contribution in [0.4, 0.5) is 4.39 Å². The molecule has 0 spiro atoms. The standard InChI is InChI=1S/C15H13ClFNO3/c1-3-21-12-6-7-18(15(20)13(12)14(16)19)11-5-4-9(2)8-10(11)17/h4-8H,3H2,1-2H3. The molecule has 0 amide bonds. The second kappa shape index (κ2) is 6.10. The highest BCUT2D eigenvalue weighted by atomic mass is 35.5. The molecule has 2 rings (SSSR count). The number of carbonyl (C=O) groups excluding carboxylic acids is 1. The molecule has 0 aliphatic carbocycles. The number of hydrogen-bond donors (Lipinski definition) is 0. The van der Waals surface area contributed by atoms with Gasteiger partial charge in [0.1, 0.15) is 17.1 Å². The quantitative estimate of drug-likeness (QED) is 0.816. The third kappa shape index (κ3) is 2.97. The molecule has 0 aliphatic heterocycles. The summed E-state index contributed by atoms with van der Waals surface area (Å²) in [5.74, 6) is -0.472. The van der Waals surface area contributed by atoms with Crippen molar-refractivity contribution in [2.24, 2.45) is 0 Å². The van der Waals surface area contributed by atoms with E-state index in [1.807, 2.05) is 0 Å². The number of hydrogen-bond acceptors (Lipinski definition) is 3. The van der Waals surface area contributed by atoms with Crippen LogP contribution in [-0.2, 0) is 0 Å². The summed E-state index contributed by atoms with van der Waals surface area (Å²) in [7, 11) is 0. The molecule has 0 bridgehead atoms. The van der Waals surface area contributed by atoms with Crippen molar-refractivity contribution in [2.75, 3.05) is 6.61 Å². The molecule has 21 heavy (non-hydrogen) atoms. The molecular formula is C15H13ClFNO3. The van der Waals surface area contributed by atoms with Crippen LogP contribution in [0, 0.1) is 12.7 Å². The van der Waals surface area contributed by atoms with Crippen molar-refractivity contribution in [3.05, 3.63) is 57.8 Å². The van der Waals surface area contributed by atoms with Crippen LogP contribution in [-0.4, -0.2) is 16.4 Å². The van der Waals surface area contributed by atoms with Gasteiger partial charge in [-0.15, -0.1) is 0 Å². The van der Waals surface area contributed by atoms with Crippen molar-refractivity contribution in [3.8, 4) is 11.4 Å². The van der Waals surface area contributed by atoms with E-state index in [0.29, 0.717) is 0 Å². The zero-order valence-electron chi connectivity index (χ0n) is 11.5. The number of aromatic nitrogens is 1. The van der Waals surface area contributed by atoms with Gasteiger partial charge in [0.05, 0.1) is 12.3 Å². The van der Waals surface area contributed by atoms with Crippen LogP contribution < -0.4 is 10.3 Å². The predicted octanol–water partition coefficient (Wildman–Crippen LogP) is 3.06. The Morgan fingerprint density at radius 3 is 2.67 bits per heavy atom. The summed E-state index contributed by atoms with van der Waals surface area (Å²) in [4.78, 5) is 23.8. The van der Waals surface area contributed by atoms with E-state index >= 15 is 0 Å². The van der Waals surface area contributed by atoms with Gasteiger partial charge in [-0.25, -0.2) is 4.39 Å². The molecule has 1 aromatic carbocycles. The summed E-state index contributed by atoms with van der Waals surface area (Å²) in [6, 6.07) is 5.86. The summed E-state index contributed by atoms with van der Waals surface area (Å²) in [6.07, 6.45) is 1.35. The molecule has 0 atom stereocenters. The number of benzene rings is 1. The average Bonchev–Trinajstić information content (AvgIpc) is 2.40. The molecule has 0 radical (unpaired) electrons. The van der Waals surface area contributed by atoms with E-state index in [1.54, 1.807) is 19.9 Å². The third-order valence-corrected chi connectivity index (χ3v) is 3.10. The van der Waals surface area contributed by atoms with Crippen molar-refractivity contribution in [1.82, 2.24) is 4.57 Å². The maximum Gasteiger partial charge on any atom is 0.271 e. The second-order valence-corrected chi connectivity index (χ2v) is 4.74. The first-order valence-corrected chi connectivity index (χ1v) is 6.68. The Morgan fingerprint density at radius 1 is 1.38 bits per heavy atom. The minimum atomic E-state index is -0.940. The van der Waals surface area contributed by atoms with Crippen LogP contribution in [0.1, 0.15) is 22.8 Å². The summed E-state index contributed by atoms with van der Waals surface area (Å²) >= 11 is 5.45. The van der Waals surface area contributed by atoms with Gasteiger partial charge in [-0.3, -0.25) is 14.2 Å². The van der Waals surface area contributed by atoms with Crippen LogP contribution in [0.3, 0.4) is 0 Å². The molecule has 1 heterocycles. The maximum absolute atomic E-state index is 14.0. The molecule has 0 fully saturated rings. The van der Waals surface area contributed by atoms with E-state index in [2.05, 4.69) is 0 Å². The number of halogens is 2. The van der Waals surface area contributed by atoms with Crippen LogP contribution in [0.5, 0.6) is 5.75 Å². The second-order valence-electron chi connectivity index (χ2n) is 4.39. The summed E-state index contributed by atoms with van der Waals surface area (Å²) in [5.41, 5.74) is -0.249. The van der Waals surface area contributed by atoms with Crippen LogP contribution >= 0.6 is 11.6 Å². The molecule has 2 aromatic rings. The number of aryl methyl sites for hydroxylation is 1. The van der Waals surface area contributed by atoms with E-state index in [4.69, 9.17) is 16.3 Å². The molecule has 0 saturated carbocycles. The molecule has 0 unspecified atom stereocenters. The lowest BCUT2D eigenvalue weighted by atomic mass is 10.2. The summed E-state index contributed by atoms with van der Waals surface area (Å²) in [5, 5.41) is -0.940. The van der Waals surface area contributed by atoms with Gasteiger partial charge in [-0.1, -0.05) is 6.07 Å². The molecule has 4 nitrogen and oxygen atoms in total. The Labute approximate surface area is 125 Å². The highest BCUT2D eigenvalue weighted by molar-refractivity contribution is 6.68. The van der Waals surface area contributed by atoms with Gasteiger partial charge in [0, 0.05) is 6.20 Å². The van der Waals surface area contributed by atoms with E-state index in [-0.39, 0.29) is 23.6 Å². The Balaban J connectivity index is 2.69. The number of nitrogens with zero attached hydrogens (tertiary/aromatic N) is 1. The summed E-state index contributed by atoms with van der Waals surface area (Å²) in [6.45, 7) is 3.73. The lowest BCUT2D eigenvalue weighted by Gasteiger charge is -2.12. The Morgan fingerprint density at radius 2 is 2.10 bits per heavy atom. The fourth-order valence-corrected chi connectivity index (χ4v) is 2.15. The normalized spacial score (nSPS) is 10.5. The van der Waals surface area contributed by atoms with E-state index in [0.717, 1.165) is 10.1 Å². The van der Waals surface area contributed by atoms with Crippen molar-refractivity contribution in [1.29, 1.82) is 0 Å². The van der Waals surface area contributed by atoms with Crippen molar-refractivity contribution >= 4 is 16.8 Å². The molecular weight excluding hydrogens is 297 g/mol.